The van der Waals surface area contributed by atoms with E-state index in [-0.39, 0.29) is 19.8 Å². The monoisotopic (exact) mass is 281 g/mol. The number of morpholine rings is 1. The van der Waals surface area contributed by atoms with Crippen LogP contribution in [0, 0.1) is 0 Å². The van der Waals surface area contributed by atoms with Gasteiger partial charge in [0.25, 0.3) is 0 Å². The van der Waals surface area contributed by atoms with Gasteiger partial charge < -0.3 is 14.6 Å². The third-order valence-corrected chi connectivity index (χ3v) is 4.86. The zero-order valence-corrected chi connectivity index (χ0v) is 10.8. The molecule has 1 fully saturated rings. The zero-order chi connectivity index (χ0) is 13.9. The van der Waals surface area contributed by atoms with Gasteiger partial charge in [0.15, 0.2) is 5.25 Å². The lowest BCUT2D eigenvalue weighted by Gasteiger charge is -2.33. The predicted octanol–water partition coefficient (Wildman–Crippen LogP) is -1.34. The molecule has 1 aliphatic heterocycles. The molecule has 0 aromatic carbocycles. The summed E-state index contributed by atoms with van der Waals surface area (Å²) in [7, 11) is -2.99. The van der Waals surface area contributed by atoms with E-state index < -0.39 is 33.3 Å². The average Bonchev–Trinajstić information content (AvgIpc) is 2.36. The van der Waals surface area contributed by atoms with E-state index in [1.807, 2.05) is 0 Å². The van der Waals surface area contributed by atoms with Gasteiger partial charge in [-0.2, -0.15) is 4.31 Å². The maximum atomic E-state index is 12.0. The molecule has 0 spiro atoms. The fourth-order valence-electron chi connectivity index (χ4n) is 1.55. The van der Waals surface area contributed by atoms with E-state index in [9.17, 15) is 18.0 Å². The van der Waals surface area contributed by atoms with E-state index in [1.165, 1.54) is 0 Å². The average molecular weight is 281 g/mol. The minimum Gasteiger partial charge on any atom is -0.480 e. The molecule has 9 heteroatoms. The molecule has 0 saturated carbocycles. The molecular formula is C9H15NO7S. The maximum Gasteiger partial charge on any atom is 0.326 e. The molecule has 1 rings (SSSR count). The molecule has 0 radical (unpaired) electrons. The summed E-state index contributed by atoms with van der Waals surface area (Å²) in [6, 6.07) is -1.13. The molecule has 8 nitrogen and oxygen atoms in total. The van der Waals surface area contributed by atoms with Gasteiger partial charge >= 0.3 is 11.9 Å². The molecule has 0 bridgehead atoms. The lowest BCUT2D eigenvalue weighted by molar-refractivity contribution is -0.150. The van der Waals surface area contributed by atoms with Crippen LogP contribution in [0.5, 0.6) is 0 Å². The molecule has 0 aromatic heterocycles. The van der Waals surface area contributed by atoms with E-state index in [4.69, 9.17) is 9.84 Å². The number of aliphatic carboxylic acids is 1. The summed E-state index contributed by atoms with van der Waals surface area (Å²) in [6.07, 6.45) is 0. The van der Waals surface area contributed by atoms with Crippen molar-refractivity contribution in [3.8, 4) is 0 Å². The third-order valence-electron chi connectivity index (χ3n) is 2.67. The number of carboxylic acid groups (broad SMARTS) is 1. The number of ether oxygens (including phenoxy) is 2. The molecule has 1 N–H and O–H groups in total. The fraction of sp³-hybridized carbons (Fsp3) is 0.778. The summed E-state index contributed by atoms with van der Waals surface area (Å²) >= 11 is 0. The van der Waals surface area contributed by atoms with Crippen LogP contribution in [0.4, 0.5) is 0 Å². The summed E-state index contributed by atoms with van der Waals surface area (Å²) in [5, 5.41) is 7.15. The standard InChI is InChI=1S/C9H15NO7S/c1-6(8(11)12)18(14,15)10-3-4-17-5-7(10)9(13)16-2/h6-7H,3-5H2,1-2H3,(H,11,12). The summed E-state index contributed by atoms with van der Waals surface area (Å²) in [5.41, 5.74) is 0. The molecule has 1 heterocycles. The summed E-state index contributed by atoms with van der Waals surface area (Å²) in [5.74, 6) is -2.24. The predicted molar refractivity (Wildman–Crippen MR) is 59.3 cm³/mol. The van der Waals surface area contributed by atoms with Crippen LogP contribution in [0.3, 0.4) is 0 Å². The molecule has 1 saturated heterocycles. The highest BCUT2D eigenvalue weighted by atomic mass is 32.2. The van der Waals surface area contributed by atoms with Crippen LogP contribution >= 0.6 is 0 Å². The van der Waals surface area contributed by atoms with E-state index in [1.54, 1.807) is 0 Å². The van der Waals surface area contributed by atoms with Crippen molar-refractivity contribution in [1.82, 2.24) is 4.31 Å². The molecule has 1 aliphatic rings. The Bertz CT molecular complexity index is 432. The quantitative estimate of drug-likeness (QED) is 0.635. The normalized spacial score (nSPS) is 23.3. The number of sulfonamides is 1. The number of carboxylic acids is 1. The number of hydrogen-bond acceptors (Lipinski definition) is 6. The molecule has 2 atom stereocenters. The van der Waals surface area contributed by atoms with Gasteiger partial charge in [0.2, 0.25) is 10.0 Å². The van der Waals surface area contributed by atoms with Crippen molar-refractivity contribution < 1.29 is 32.6 Å². The van der Waals surface area contributed by atoms with Crippen molar-refractivity contribution in [2.75, 3.05) is 26.9 Å². The zero-order valence-electron chi connectivity index (χ0n) is 10.0. The van der Waals surface area contributed by atoms with Gasteiger partial charge in [-0.05, 0) is 6.92 Å². The second kappa shape index (κ2) is 5.63. The van der Waals surface area contributed by atoms with Crippen molar-refractivity contribution in [1.29, 1.82) is 0 Å². The van der Waals surface area contributed by atoms with E-state index >= 15 is 0 Å². The maximum absolute atomic E-state index is 12.0. The van der Waals surface area contributed by atoms with Gasteiger partial charge in [-0.15, -0.1) is 0 Å². The van der Waals surface area contributed by atoms with Crippen LogP contribution in [0.1, 0.15) is 6.92 Å². The van der Waals surface area contributed by atoms with Crippen LogP contribution < -0.4 is 0 Å². The summed E-state index contributed by atoms with van der Waals surface area (Å²) in [4.78, 5) is 22.2. The molecule has 0 amide bonds. The summed E-state index contributed by atoms with van der Waals surface area (Å²) < 4.78 is 34.4. The second-order valence-electron chi connectivity index (χ2n) is 3.75. The van der Waals surface area contributed by atoms with Gasteiger partial charge in [-0.25, -0.2) is 8.42 Å². The molecular weight excluding hydrogens is 266 g/mol. The smallest absolute Gasteiger partial charge is 0.326 e. The largest absolute Gasteiger partial charge is 0.480 e. The number of carbonyl (C=O) groups excluding carboxylic acids is 1. The Labute approximate surface area is 105 Å². The van der Waals surface area contributed by atoms with Gasteiger partial charge in [-0.1, -0.05) is 0 Å². The Morgan fingerprint density at radius 1 is 1.50 bits per heavy atom. The SMILES string of the molecule is COC(=O)C1COCCN1S(=O)(=O)C(C)C(=O)O. The lowest BCUT2D eigenvalue weighted by atomic mass is 10.3. The van der Waals surface area contributed by atoms with Gasteiger partial charge in [0.05, 0.1) is 20.3 Å². The highest BCUT2D eigenvalue weighted by Gasteiger charge is 2.42. The van der Waals surface area contributed by atoms with Crippen LogP contribution in [-0.4, -0.2) is 67.9 Å². The highest BCUT2D eigenvalue weighted by Crippen LogP contribution is 2.17. The topological polar surface area (TPSA) is 110 Å². The Hall–Kier alpha value is -1.19. The number of nitrogens with zero attached hydrogens (tertiary/aromatic N) is 1. The molecule has 104 valence electrons. The van der Waals surface area contributed by atoms with Crippen molar-refractivity contribution >= 4 is 22.0 Å². The first-order valence-corrected chi connectivity index (χ1v) is 6.71. The first-order chi connectivity index (χ1) is 8.32. The van der Waals surface area contributed by atoms with E-state index in [0.717, 1.165) is 18.3 Å². The van der Waals surface area contributed by atoms with E-state index in [0.29, 0.717) is 0 Å². The first kappa shape index (κ1) is 14.9. The number of methoxy groups -OCH3 is 1. The highest BCUT2D eigenvalue weighted by molar-refractivity contribution is 7.90. The Balaban J connectivity index is 3.03. The Kier molecular flexibility index (Phi) is 4.65. The van der Waals surface area contributed by atoms with E-state index in [2.05, 4.69) is 4.74 Å². The molecule has 0 aromatic rings. The molecule has 0 aliphatic carbocycles. The minimum atomic E-state index is -4.11. The van der Waals surface area contributed by atoms with Crippen LogP contribution in [-0.2, 0) is 29.1 Å². The lowest BCUT2D eigenvalue weighted by Crippen LogP contribution is -2.55. The second-order valence-corrected chi connectivity index (χ2v) is 5.96. The molecule has 18 heavy (non-hydrogen) atoms. The number of hydrogen-bond donors (Lipinski definition) is 1. The van der Waals surface area contributed by atoms with Crippen molar-refractivity contribution in [3.63, 3.8) is 0 Å². The van der Waals surface area contributed by atoms with Crippen LogP contribution in [0.2, 0.25) is 0 Å². The van der Waals surface area contributed by atoms with Gasteiger partial charge in [0.1, 0.15) is 6.04 Å². The van der Waals surface area contributed by atoms with Gasteiger partial charge in [0, 0.05) is 6.54 Å². The van der Waals surface area contributed by atoms with Crippen molar-refractivity contribution in [2.24, 2.45) is 0 Å². The minimum absolute atomic E-state index is 0.0697. The Morgan fingerprint density at radius 3 is 2.61 bits per heavy atom. The van der Waals surface area contributed by atoms with Crippen molar-refractivity contribution in [2.45, 2.75) is 18.2 Å². The van der Waals surface area contributed by atoms with Crippen LogP contribution in [0.25, 0.3) is 0 Å². The van der Waals surface area contributed by atoms with Crippen LogP contribution in [0.15, 0.2) is 0 Å². The fourth-order valence-corrected chi connectivity index (χ4v) is 3.04. The first-order valence-electron chi connectivity index (χ1n) is 5.21. The number of esters is 1. The van der Waals surface area contributed by atoms with Gasteiger partial charge in [-0.3, -0.25) is 9.59 Å². The number of carbonyl (C=O) groups is 2. The third kappa shape index (κ3) is 2.79. The number of rotatable bonds is 4. The Morgan fingerprint density at radius 2 is 2.11 bits per heavy atom. The molecule has 2 unspecified atom stereocenters. The summed E-state index contributed by atoms with van der Waals surface area (Å²) in [6.45, 7) is 0.957. The van der Waals surface area contributed by atoms with Crippen molar-refractivity contribution in [3.05, 3.63) is 0 Å².